The Kier molecular flexibility index (Phi) is 7.31. The quantitative estimate of drug-likeness (QED) is 0.619. The maximum atomic E-state index is 8.95. The number of hydrogen-bond acceptors (Lipinski definition) is 4. The summed E-state index contributed by atoms with van der Waals surface area (Å²) in [5.41, 5.74) is -0.509. The van der Waals surface area contributed by atoms with Gasteiger partial charge in [0.1, 0.15) is 5.54 Å². The first-order valence-electron chi connectivity index (χ1n) is 5.37. The topological polar surface area (TPSA) is 54.3 Å². The van der Waals surface area contributed by atoms with Crippen molar-refractivity contribution in [2.75, 3.05) is 26.9 Å². The minimum atomic E-state index is -0.509. The van der Waals surface area contributed by atoms with E-state index in [0.717, 1.165) is 0 Å². The number of hydrogen-bond donors (Lipinski definition) is 1. The average Bonchev–Trinajstić information content (AvgIpc) is 2.24. The Morgan fingerprint density at radius 3 is 2.60 bits per heavy atom. The molecule has 2 unspecified atom stereocenters. The Morgan fingerprint density at radius 1 is 1.47 bits per heavy atom. The van der Waals surface area contributed by atoms with Gasteiger partial charge in [-0.25, -0.2) is 0 Å². The zero-order valence-corrected chi connectivity index (χ0v) is 10.2. The van der Waals surface area contributed by atoms with Gasteiger partial charge in [0.25, 0.3) is 0 Å². The summed E-state index contributed by atoms with van der Waals surface area (Å²) < 4.78 is 10.7. The molecule has 15 heavy (non-hydrogen) atoms. The van der Waals surface area contributed by atoms with Crippen LogP contribution in [0.4, 0.5) is 0 Å². The van der Waals surface area contributed by atoms with E-state index in [1.807, 2.05) is 20.8 Å². The molecule has 88 valence electrons. The monoisotopic (exact) mass is 214 g/mol. The van der Waals surface area contributed by atoms with Crippen LogP contribution in [0.25, 0.3) is 0 Å². The lowest BCUT2D eigenvalue weighted by atomic mass is 9.97. The van der Waals surface area contributed by atoms with Gasteiger partial charge in [-0.2, -0.15) is 5.26 Å². The SMILES string of the molecule is CCOCCOC(C)CC(C)(C#N)NC. The molecule has 0 aliphatic rings. The van der Waals surface area contributed by atoms with Crippen LogP contribution in [-0.2, 0) is 9.47 Å². The van der Waals surface area contributed by atoms with Gasteiger partial charge in [-0.05, 0) is 27.8 Å². The van der Waals surface area contributed by atoms with Crippen molar-refractivity contribution in [2.24, 2.45) is 0 Å². The smallest absolute Gasteiger partial charge is 0.106 e. The van der Waals surface area contributed by atoms with Crippen LogP contribution in [0.1, 0.15) is 27.2 Å². The minimum Gasteiger partial charge on any atom is -0.379 e. The summed E-state index contributed by atoms with van der Waals surface area (Å²) in [5.74, 6) is 0. The molecule has 0 aliphatic heterocycles. The molecule has 0 bridgehead atoms. The van der Waals surface area contributed by atoms with Crippen LogP contribution in [0.2, 0.25) is 0 Å². The third-order valence-electron chi connectivity index (χ3n) is 2.33. The number of nitrogens with one attached hydrogen (secondary N) is 1. The van der Waals surface area contributed by atoms with Gasteiger partial charge in [0.15, 0.2) is 0 Å². The lowest BCUT2D eigenvalue weighted by Gasteiger charge is -2.24. The van der Waals surface area contributed by atoms with Crippen molar-refractivity contribution >= 4 is 0 Å². The molecule has 0 saturated carbocycles. The van der Waals surface area contributed by atoms with Gasteiger partial charge in [0, 0.05) is 13.0 Å². The van der Waals surface area contributed by atoms with Crippen LogP contribution in [0.5, 0.6) is 0 Å². The van der Waals surface area contributed by atoms with Crippen LogP contribution >= 0.6 is 0 Å². The van der Waals surface area contributed by atoms with Crippen LogP contribution in [0, 0.1) is 11.3 Å². The van der Waals surface area contributed by atoms with Crippen LogP contribution in [-0.4, -0.2) is 38.5 Å². The van der Waals surface area contributed by atoms with Gasteiger partial charge in [-0.1, -0.05) is 0 Å². The van der Waals surface area contributed by atoms with Crippen molar-refractivity contribution in [1.82, 2.24) is 5.32 Å². The zero-order chi connectivity index (χ0) is 11.7. The highest BCUT2D eigenvalue weighted by Crippen LogP contribution is 2.12. The molecular formula is C11H22N2O2. The number of nitriles is 1. The van der Waals surface area contributed by atoms with E-state index >= 15 is 0 Å². The average molecular weight is 214 g/mol. The molecule has 0 heterocycles. The second-order valence-corrected chi connectivity index (χ2v) is 3.78. The summed E-state index contributed by atoms with van der Waals surface area (Å²) in [5, 5.41) is 11.9. The maximum absolute atomic E-state index is 8.95. The van der Waals surface area contributed by atoms with Crippen molar-refractivity contribution in [3.05, 3.63) is 0 Å². The molecule has 0 aromatic heterocycles. The molecule has 4 heteroatoms. The molecule has 0 aromatic rings. The second-order valence-electron chi connectivity index (χ2n) is 3.78. The van der Waals surface area contributed by atoms with Crippen molar-refractivity contribution in [2.45, 2.75) is 38.8 Å². The Morgan fingerprint density at radius 2 is 2.13 bits per heavy atom. The predicted octanol–water partition coefficient (Wildman–Crippen LogP) is 1.32. The first kappa shape index (κ1) is 14.4. The van der Waals surface area contributed by atoms with E-state index in [1.54, 1.807) is 7.05 Å². The lowest BCUT2D eigenvalue weighted by Crippen LogP contribution is -2.41. The van der Waals surface area contributed by atoms with Crippen molar-refractivity contribution < 1.29 is 9.47 Å². The Balaban J connectivity index is 3.73. The molecule has 0 saturated heterocycles. The fourth-order valence-corrected chi connectivity index (χ4v) is 1.29. The fourth-order valence-electron chi connectivity index (χ4n) is 1.29. The molecule has 4 nitrogen and oxygen atoms in total. The molecule has 0 aromatic carbocycles. The standard InChI is InChI=1S/C11H22N2O2/c1-5-14-6-7-15-10(2)8-11(3,9-12)13-4/h10,13H,5-8H2,1-4H3. The van der Waals surface area contributed by atoms with Crippen molar-refractivity contribution in [3.63, 3.8) is 0 Å². The van der Waals surface area contributed by atoms with Gasteiger partial charge in [-0.15, -0.1) is 0 Å². The first-order chi connectivity index (χ1) is 7.08. The molecule has 0 fully saturated rings. The van der Waals surface area contributed by atoms with E-state index in [2.05, 4.69) is 11.4 Å². The van der Waals surface area contributed by atoms with E-state index in [9.17, 15) is 0 Å². The van der Waals surface area contributed by atoms with Crippen LogP contribution in [0.3, 0.4) is 0 Å². The fraction of sp³-hybridized carbons (Fsp3) is 0.909. The van der Waals surface area contributed by atoms with Crippen LogP contribution in [0.15, 0.2) is 0 Å². The van der Waals surface area contributed by atoms with Crippen LogP contribution < -0.4 is 5.32 Å². The number of ether oxygens (including phenoxy) is 2. The maximum Gasteiger partial charge on any atom is 0.106 e. The largest absolute Gasteiger partial charge is 0.379 e. The van der Waals surface area contributed by atoms with Gasteiger partial charge < -0.3 is 14.8 Å². The van der Waals surface area contributed by atoms with E-state index in [1.165, 1.54) is 0 Å². The Bertz CT molecular complexity index is 203. The number of nitrogens with zero attached hydrogens (tertiary/aromatic N) is 1. The molecule has 0 rings (SSSR count). The summed E-state index contributed by atoms with van der Waals surface area (Å²) >= 11 is 0. The third-order valence-corrected chi connectivity index (χ3v) is 2.33. The van der Waals surface area contributed by atoms with Gasteiger partial charge >= 0.3 is 0 Å². The summed E-state index contributed by atoms with van der Waals surface area (Å²) in [7, 11) is 1.79. The summed E-state index contributed by atoms with van der Waals surface area (Å²) in [6.45, 7) is 7.71. The van der Waals surface area contributed by atoms with Gasteiger partial charge in [0.05, 0.1) is 25.4 Å². The summed E-state index contributed by atoms with van der Waals surface area (Å²) in [6, 6.07) is 2.24. The second kappa shape index (κ2) is 7.63. The minimum absolute atomic E-state index is 0.0579. The van der Waals surface area contributed by atoms with E-state index in [-0.39, 0.29) is 6.10 Å². The molecule has 1 N–H and O–H groups in total. The Hall–Kier alpha value is -0.630. The molecule has 0 amide bonds. The van der Waals surface area contributed by atoms with Crippen molar-refractivity contribution in [1.29, 1.82) is 5.26 Å². The van der Waals surface area contributed by atoms with Gasteiger partial charge in [0.2, 0.25) is 0 Å². The molecule has 0 radical (unpaired) electrons. The molecule has 0 spiro atoms. The summed E-state index contributed by atoms with van der Waals surface area (Å²) in [4.78, 5) is 0. The first-order valence-corrected chi connectivity index (χ1v) is 5.37. The van der Waals surface area contributed by atoms with E-state index < -0.39 is 5.54 Å². The third kappa shape index (κ3) is 6.45. The highest BCUT2D eigenvalue weighted by atomic mass is 16.5. The lowest BCUT2D eigenvalue weighted by molar-refractivity contribution is 0.00557. The highest BCUT2D eigenvalue weighted by molar-refractivity contribution is 5.03. The van der Waals surface area contributed by atoms with E-state index in [4.69, 9.17) is 14.7 Å². The predicted molar refractivity (Wildman–Crippen MR) is 59.6 cm³/mol. The number of rotatable bonds is 8. The molecule has 2 atom stereocenters. The van der Waals surface area contributed by atoms with Crippen molar-refractivity contribution in [3.8, 4) is 6.07 Å². The summed E-state index contributed by atoms with van der Waals surface area (Å²) in [6.07, 6.45) is 0.731. The zero-order valence-electron chi connectivity index (χ0n) is 10.2. The van der Waals surface area contributed by atoms with Gasteiger partial charge in [-0.3, -0.25) is 0 Å². The normalized spacial score (nSPS) is 16.7. The molecule has 0 aliphatic carbocycles. The highest BCUT2D eigenvalue weighted by Gasteiger charge is 2.24. The Labute approximate surface area is 92.6 Å². The molecular weight excluding hydrogens is 192 g/mol. The van der Waals surface area contributed by atoms with E-state index in [0.29, 0.717) is 26.2 Å².